The molecule has 0 spiro atoms. The van der Waals surface area contributed by atoms with Gasteiger partial charge in [-0.2, -0.15) is 0 Å². The lowest BCUT2D eigenvalue weighted by atomic mass is 9.68. The Hall–Kier alpha value is -0.850. The van der Waals surface area contributed by atoms with Crippen LogP contribution in [0, 0.1) is 22.7 Å². The van der Waals surface area contributed by atoms with Gasteiger partial charge in [-0.25, -0.2) is 0 Å². The summed E-state index contributed by atoms with van der Waals surface area (Å²) in [5.74, 6) is 1.77. The van der Waals surface area contributed by atoms with Crippen LogP contribution in [0.2, 0.25) is 0 Å². The third-order valence-corrected chi connectivity index (χ3v) is 5.77. The van der Waals surface area contributed by atoms with Crippen molar-refractivity contribution in [3.63, 3.8) is 0 Å². The molecular formula is C18H28O. The maximum atomic E-state index is 12.6. The average molecular weight is 260 g/mol. The summed E-state index contributed by atoms with van der Waals surface area (Å²) in [5.41, 5.74) is 1.45. The number of hydrogen-bond donors (Lipinski definition) is 0. The molecule has 0 heterocycles. The van der Waals surface area contributed by atoms with Gasteiger partial charge in [-0.05, 0) is 55.4 Å². The van der Waals surface area contributed by atoms with Crippen LogP contribution in [0.5, 0.6) is 0 Å². The molecule has 106 valence electrons. The molecular weight excluding hydrogens is 232 g/mol. The normalized spacial score (nSPS) is 38.9. The van der Waals surface area contributed by atoms with Gasteiger partial charge in [0.25, 0.3) is 0 Å². The molecule has 3 atom stereocenters. The first kappa shape index (κ1) is 14.6. The minimum atomic E-state index is -0.219. The van der Waals surface area contributed by atoms with Crippen LogP contribution in [0.15, 0.2) is 24.3 Å². The molecule has 0 amide bonds. The minimum absolute atomic E-state index is 0.219. The van der Waals surface area contributed by atoms with Gasteiger partial charge in [0.2, 0.25) is 0 Å². The summed E-state index contributed by atoms with van der Waals surface area (Å²) in [4.78, 5) is 12.6. The van der Waals surface area contributed by atoms with Crippen LogP contribution < -0.4 is 0 Å². The Morgan fingerprint density at radius 2 is 2.11 bits per heavy atom. The largest absolute Gasteiger partial charge is 0.294 e. The molecule has 0 unspecified atom stereocenters. The van der Waals surface area contributed by atoms with E-state index in [2.05, 4.69) is 34.3 Å². The molecule has 0 radical (unpaired) electrons. The van der Waals surface area contributed by atoms with Crippen molar-refractivity contribution >= 4 is 5.78 Å². The van der Waals surface area contributed by atoms with E-state index in [1.807, 2.05) is 12.2 Å². The van der Waals surface area contributed by atoms with Gasteiger partial charge in [0.05, 0.1) is 0 Å². The maximum Gasteiger partial charge on any atom is 0.161 e. The standard InChI is InChI=1S/C18H28O/c1-6-9-17(4)10-11-18(5)14(12-16(17)19)7-8-15(18)13(2)3/h6,12-13,15H,1,7-11H2,2-5H3/t15-,17+,18+/m1/s1. The smallest absolute Gasteiger partial charge is 0.161 e. The Balaban J connectivity index is 2.35. The molecule has 2 aliphatic carbocycles. The SMILES string of the molecule is C=CC[C@@]1(C)CC[C@@]2(C)C(=CC1=O)CC[C@@H]2C(C)C. The minimum Gasteiger partial charge on any atom is -0.294 e. The topological polar surface area (TPSA) is 17.1 Å². The Labute approximate surface area is 118 Å². The molecule has 1 heteroatoms. The second-order valence-corrected chi connectivity index (χ2v) is 7.39. The highest BCUT2D eigenvalue weighted by molar-refractivity contribution is 5.95. The first-order chi connectivity index (χ1) is 8.83. The van der Waals surface area contributed by atoms with E-state index < -0.39 is 0 Å². The summed E-state index contributed by atoms with van der Waals surface area (Å²) in [5, 5.41) is 0. The second kappa shape index (κ2) is 4.92. The van der Waals surface area contributed by atoms with Crippen molar-refractivity contribution in [2.75, 3.05) is 0 Å². The molecule has 19 heavy (non-hydrogen) atoms. The molecule has 0 saturated heterocycles. The monoisotopic (exact) mass is 260 g/mol. The molecule has 0 N–H and O–H groups in total. The Kier molecular flexibility index (Phi) is 3.77. The quantitative estimate of drug-likeness (QED) is 0.657. The highest BCUT2D eigenvalue weighted by Crippen LogP contribution is 2.56. The second-order valence-electron chi connectivity index (χ2n) is 7.39. The maximum absolute atomic E-state index is 12.6. The van der Waals surface area contributed by atoms with Crippen LogP contribution in [0.4, 0.5) is 0 Å². The van der Waals surface area contributed by atoms with Gasteiger partial charge in [-0.15, -0.1) is 6.58 Å². The van der Waals surface area contributed by atoms with Crippen molar-refractivity contribution in [3.05, 3.63) is 24.3 Å². The predicted molar refractivity (Wildman–Crippen MR) is 80.9 cm³/mol. The van der Waals surface area contributed by atoms with E-state index in [1.54, 1.807) is 0 Å². The summed E-state index contributed by atoms with van der Waals surface area (Å²) < 4.78 is 0. The summed E-state index contributed by atoms with van der Waals surface area (Å²) >= 11 is 0. The first-order valence-corrected chi connectivity index (χ1v) is 7.70. The summed E-state index contributed by atoms with van der Waals surface area (Å²) in [7, 11) is 0. The molecule has 0 aromatic carbocycles. The van der Waals surface area contributed by atoms with Crippen molar-refractivity contribution in [1.29, 1.82) is 0 Å². The lowest BCUT2D eigenvalue weighted by Crippen LogP contribution is -2.29. The molecule has 2 rings (SSSR count). The summed E-state index contributed by atoms with van der Waals surface area (Å²) in [6, 6.07) is 0. The van der Waals surface area contributed by atoms with Gasteiger partial charge >= 0.3 is 0 Å². The zero-order chi connectivity index (χ0) is 14.3. The lowest BCUT2D eigenvalue weighted by Gasteiger charge is -2.36. The third-order valence-electron chi connectivity index (χ3n) is 5.77. The van der Waals surface area contributed by atoms with E-state index in [-0.39, 0.29) is 10.8 Å². The Morgan fingerprint density at radius 1 is 1.42 bits per heavy atom. The van der Waals surface area contributed by atoms with Crippen LogP contribution >= 0.6 is 0 Å². The summed E-state index contributed by atoms with van der Waals surface area (Å²) in [6.45, 7) is 13.0. The van der Waals surface area contributed by atoms with Crippen LogP contribution in [0.3, 0.4) is 0 Å². The predicted octanol–water partition coefficient (Wildman–Crippen LogP) is 4.93. The number of hydrogen-bond acceptors (Lipinski definition) is 1. The Bertz CT molecular complexity index is 417. The van der Waals surface area contributed by atoms with E-state index in [0.717, 1.165) is 31.6 Å². The number of carbonyl (C=O) groups is 1. The molecule has 1 fully saturated rings. The van der Waals surface area contributed by atoms with Crippen LogP contribution in [-0.2, 0) is 4.79 Å². The highest BCUT2D eigenvalue weighted by atomic mass is 16.1. The third kappa shape index (κ3) is 2.32. The molecule has 1 nitrogen and oxygen atoms in total. The summed E-state index contributed by atoms with van der Waals surface area (Å²) in [6.07, 6.45) is 9.23. The van der Waals surface area contributed by atoms with Gasteiger partial charge < -0.3 is 0 Å². The first-order valence-electron chi connectivity index (χ1n) is 7.70. The number of allylic oxidation sites excluding steroid dienone is 3. The van der Waals surface area contributed by atoms with E-state index in [0.29, 0.717) is 11.7 Å². The molecule has 1 saturated carbocycles. The zero-order valence-corrected chi connectivity index (χ0v) is 13.0. The number of rotatable bonds is 3. The van der Waals surface area contributed by atoms with Gasteiger partial charge in [-0.1, -0.05) is 39.3 Å². The van der Waals surface area contributed by atoms with Crippen LogP contribution in [-0.4, -0.2) is 5.78 Å². The average Bonchev–Trinajstić information content (AvgIpc) is 2.61. The fourth-order valence-corrected chi connectivity index (χ4v) is 4.32. The van der Waals surface area contributed by atoms with Gasteiger partial charge in [0.15, 0.2) is 5.78 Å². The fourth-order valence-electron chi connectivity index (χ4n) is 4.32. The molecule has 0 aromatic heterocycles. The fraction of sp³-hybridized carbons (Fsp3) is 0.722. The van der Waals surface area contributed by atoms with Gasteiger partial charge in [-0.3, -0.25) is 4.79 Å². The van der Waals surface area contributed by atoms with Crippen LogP contribution in [0.25, 0.3) is 0 Å². The van der Waals surface area contributed by atoms with Crippen molar-refractivity contribution in [1.82, 2.24) is 0 Å². The molecule has 0 aromatic rings. The number of fused-ring (bicyclic) bond motifs is 1. The van der Waals surface area contributed by atoms with E-state index in [9.17, 15) is 4.79 Å². The van der Waals surface area contributed by atoms with Gasteiger partial charge in [0, 0.05) is 5.41 Å². The van der Waals surface area contributed by atoms with Crippen molar-refractivity contribution in [2.24, 2.45) is 22.7 Å². The van der Waals surface area contributed by atoms with Crippen molar-refractivity contribution in [3.8, 4) is 0 Å². The molecule has 2 aliphatic rings. The van der Waals surface area contributed by atoms with Gasteiger partial charge in [0.1, 0.15) is 0 Å². The van der Waals surface area contributed by atoms with E-state index in [4.69, 9.17) is 0 Å². The zero-order valence-electron chi connectivity index (χ0n) is 13.0. The molecule has 0 aliphatic heterocycles. The van der Waals surface area contributed by atoms with E-state index >= 15 is 0 Å². The van der Waals surface area contributed by atoms with Crippen molar-refractivity contribution in [2.45, 2.75) is 59.8 Å². The van der Waals surface area contributed by atoms with Crippen LogP contribution in [0.1, 0.15) is 59.8 Å². The Morgan fingerprint density at radius 3 is 2.68 bits per heavy atom. The van der Waals surface area contributed by atoms with E-state index in [1.165, 1.54) is 12.0 Å². The number of carbonyl (C=O) groups excluding carboxylic acids is 1. The molecule has 0 bridgehead atoms. The van der Waals surface area contributed by atoms with Crippen molar-refractivity contribution < 1.29 is 4.79 Å². The number of ketones is 1. The lowest BCUT2D eigenvalue weighted by molar-refractivity contribution is -0.123. The highest BCUT2D eigenvalue weighted by Gasteiger charge is 2.48.